The first-order chi connectivity index (χ1) is 16.7. The van der Waals surface area contributed by atoms with Crippen molar-refractivity contribution in [2.24, 2.45) is 0 Å². The van der Waals surface area contributed by atoms with E-state index in [4.69, 9.17) is 4.74 Å². The molecule has 2 N–H and O–H groups in total. The summed E-state index contributed by atoms with van der Waals surface area (Å²) in [6.45, 7) is 5.45. The van der Waals surface area contributed by atoms with Crippen LogP contribution in [0, 0.1) is 13.8 Å². The molecule has 0 spiro atoms. The molecule has 0 atom stereocenters. The van der Waals surface area contributed by atoms with Crippen LogP contribution in [0.3, 0.4) is 0 Å². The van der Waals surface area contributed by atoms with Crippen LogP contribution in [0.5, 0.6) is 0 Å². The molecule has 0 saturated carbocycles. The first kappa shape index (κ1) is 24.2. The molecule has 0 fully saturated rings. The predicted octanol–water partition coefficient (Wildman–Crippen LogP) is 3.71. The summed E-state index contributed by atoms with van der Waals surface area (Å²) in [4.78, 5) is 29.6. The fourth-order valence-corrected chi connectivity index (χ4v) is 5.25. The average molecular weight is 495 g/mol. The van der Waals surface area contributed by atoms with Crippen LogP contribution in [-0.2, 0) is 25.8 Å². The number of ether oxygens (including phenoxy) is 1. The molecule has 0 saturated heterocycles. The number of anilines is 2. The highest BCUT2D eigenvalue weighted by molar-refractivity contribution is 7.91. The molecule has 4 aromatic rings. The van der Waals surface area contributed by atoms with Crippen molar-refractivity contribution in [1.29, 1.82) is 0 Å². The SMILES string of the molecule is CCOC(=O)CCc1c(C)nc2c(S(=O)(=O)c3ccc(C)cc3)c(Nc3ccccc3)[nH]n2c1=O. The highest BCUT2D eigenvalue weighted by Gasteiger charge is 2.30. The lowest BCUT2D eigenvalue weighted by Crippen LogP contribution is -2.23. The lowest BCUT2D eigenvalue weighted by molar-refractivity contribution is -0.143. The van der Waals surface area contributed by atoms with Crippen LogP contribution < -0.4 is 10.9 Å². The summed E-state index contributed by atoms with van der Waals surface area (Å²) >= 11 is 0. The Hall–Kier alpha value is -3.92. The lowest BCUT2D eigenvalue weighted by atomic mass is 10.1. The molecule has 35 heavy (non-hydrogen) atoms. The van der Waals surface area contributed by atoms with Crippen molar-refractivity contribution in [2.45, 2.75) is 43.4 Å². The van der Waals surface area contributed by atoms with Crippen molar-refractivity contribution in [3.05, 3.63) is 81.8 Å². The van der Waals surface area contributed by atoms with E-state index in [1.165, 1.54) is 12.1 Å². The molecular formula is C25H26N4O5S. The molecule has 9 nitrogen and oxygen atoms in total. The van der Waals surface area contributed by atoms with Gasteiger partial charge in [0.15, 0.2) is 10.5 Å². The smallest absolute Gasteiger partial charge is 0.306 e. The zero-order valence-corrected chi connectivity index (χ0v) is 20.5. The van der Waals surface area contributed by atoms with Gasteiger partial charge in [-0.25, -0.2) is 13.4 Å². The van der Waals surface area contributed by atoms with Crippen LogP contribution in [0.25, 0.3) is 5.65 Å². The summed E-state index contributed by atoms with van der Waals surface area (Å²) in [5, 5.41) is 5.96. The number of para-hydroxylation sites is 1. The number of hydrogen-bond acceptors (Lipinski definition) is 7. The second-order valence-electron chi connectivity index (χ2n) is 8.07. The number of carbonyl (C=O) groups excluding carboxylic acids is 1. The van der Waals surface area contributed by atoms with E-state index >= 15 is 0 Å². The number of hydrogen-bond donors (Lipinski definition) is 2. The van der Waals surface area contributed by atoms with Crippen LogP contribution >= 0.6 is 0 Å². The van der Waals surface area contributed by atoms with Crippen LogP contribution in [0.4, 0.5) is 11.5 Å². The number of nitrogens with zero attached hydrogens (tertiary/aromatic N) is 2. The van der Waals surface area contributed by atoms with Gasteiger partial charge in [-0.1, -0.05) is 35.9 Å². The Morgan fingerprint density at radius 2 is 1.77 bits per heavy atom. The van der Waals surface area contributed by atoms with Crippen molar-refractivity contribution in [1.82, 2.24) is 14.6 Å². The van der Waals surface area contributed by atoms with Crippen LogP contribution in [0.2, 0.25) is 0 Å². The fourth-order valence-electron chi connectivity index (χ4n) is 3.78. The van der Waals surface area contributed by atoms with E-state index < -0.39 is 21.4 Å². The van der Waals surface area contributed by atoms with Gasteiger partial charge in [0.25, 0.3) is 5.56 Å². The third kappa shape index (κ3) is 4.83. The Morgan fingerprint density at radius 3 is 2.43 bits per heavy atom. The number of aromatic nitrogens is 3. The summed E-state index contributed by atoms with van der Waals surface area (Å²) in [5.41, 5.74) is 1.71. The molecule has 2 aromatic carbocycles. The van der Waals surface area contributed by atoms with Crippen LogP contribution in [-0.4, -0.2) is 35.6 Å². The van der Waals surface area contributed by atoms with Crippen molar-refractivity contribution < 1.29 is 17.9 Å². The van der Waals surface area contributed by atoms with E-state index in [1.54, 1.807) is 50.2 Å². The van der Waals surface area contributed by atoms with Crippen LogP contribution in [0.1, 0.15) is 30.2 Å². The van der Waals surface area contributed by atoms with Crippen molar-refractivity contribution in [3.8, 4) is 0 Å². The molecule has 0 aliphatic carbocycles. The summed E-state index contributed by atoms with van der Waals surface area (Å²) in [5.74, 6) is -0.305. The number of H-pyrrole nitrogens is 1. The Balaban J connectivity index is 1.90. The number of sulfone groups is 1. The Kier molecular flexibility index (Phi) is 6.74. The van der Waals surface area contributed by atoms with E-state index in [2.05, 4.69) is 15.4 Å². The zero-order chi connectivity index (χ0) is 25.2. The highest BCUT2D eigenvalue weighted by atomic mass is 32.2. The summed E-state index contributed by atoms with van der Waals surface area (Å²) in [6, 6.07) is 15.5. The second kappa shape index (κ2) is 9.75. The number of aryl methyl sites for hydroxylation is 2. The lowest BCUT2D eigenvalue weighted by Gasteiger charge is -2.09. The monoisotopic (exact) mass is 494 g/mol. The number of nitrogens with one attached hydrogen (secondary N) is 2. The number of carbonyl (C=O) groups is 1. The van der Waals surface area contributed by atoms with Gasteiger partial charge in [0.05, 0.1) is 11.5 Å². The molecule has 182 valence electrons. The molecule has 4 rings (SSSR count). The van der Waals surface area contributed by atoms with Gasteiger partial charge < -0.3 is 10.1 Å². The van der Waals surface area contributed by atoms with Gasteiger partial charge in [-0.3, -0.25) is 14.7 Å². The van der Waals surface area contributed by atoms with Gasteiger partial charge in [-0.05, 0) is 51.5 Å². The zero-order valence-electron chi connectivity index (χ0n) is 19.7. The standard InChI is InChI=1S/C25H26N4O5S/c1-4-34-21(30)15-14-20-17(3)26-24-22(35(32,33)19-12-10-16(2)11-13-19)23(28-29(24)25(20)31)27-18-8-6-5-7-9-18/h5-13,27-28H,4,14-15H2,1-3H3. The molecule has 0 bridgehead atoms. The number of aromatic amines is 1. The van der Waals surface area contributed by atoms with E-state index in [0.29, 0.717) is 16.9 Å². The minimum absolute atomic E-state index is 0.0159. The fraction of sp³-hybridized carbons (Fsp3) is 0.240. The second-order valence-corrected chi connectivity index (χ2v) is 9.95. The predicted molar refractivity (Wildman–Crippen MR) is 132 cm³/mol. The topological polar surface area (TPSA) is 123 Å². The van der Waals surface area contributed by atoms with Gasteiger partial charge in [-0.2, -0.15) is 4.52 Å². The van der Waals surface area contributed by atoms with Gasteiger partial charge >= 0.3 is 5.97 Å². The molecule has 0 unspecified atom stereocenters. The first-order valence-electron chi connectivity index (χ1n) is 11.2. The maximum absolute atomic E-state index is 13.7. The van der Waals surface area contributed by atoms with Crippen molar-refractivity contribution >= 4 is 33.0 Å². The maximum Gasteiger partial charge on any atom is 0.306 e. The number of fused-ring (bicyclic) bond motifs is 1. The third-order valence-electron chi connectivity index (χ3n) is 5.56. The summed E-state index contributed by atoms with van der Waals surface area (Å²) in [6.07, 6.45) is 0.141. The van der Waals surface area contributed by atoms with Gasteiger partial charge in [-0.15, -0.1) is 0 Å². The van der Waals surface area contributed by atoms with E-state index in [1.807, 2.05) is 13.0 Å². The molecule has 10 heteroatoms. The molecule has 0 radical (unpaired) electrons. The number of rotatable bonds is 8. The van der Waals surface area contributed by atoms with Crippen LogP contribution in [0.15, 0.2) is 69.2 Å². The quantitative estimate of drug-likeness (QED) is 0.358. The maximum atomic E-state index is 13.7. The molecule has 0 aliphatic rings. The Morgan fingerprint density at radius 1 is 1.09 bits per heavy atom. The largest absolute Gasteiger partial charge is 0.466 e. The normalized spacial score (nSPS) is 11.5. The average Bonchev–Trinajstić information content (AvgIpc) is 3.18. The molecular weight excluding hydrogens is 468 g/mol. The van der Waals surface area contributed by atoms with Crippen molar-refractivity contribution in [3.63, 3.8) is 0 Å². The molecule has 0 aliphatic heterocycles. The molecule has 2 aromatic heterocycles. The third-order valence-corrected chi connectivity index (χ3v) is 7.38. The van der Waals surface area contributed by atoms with Gasteiger partial charge in [0.1, 0.15) is 5.82 Å². The number of esters is 1. The Bertz CT molecular complexity index is 1540. The van der Waals surface area contributed by atoms with E-state index in [9.17, 15) is 18.0 Å². The van der Waals surface area contributed by atoms with E-state index in [-0.39, 0.29) is 40.7 Å². The molecule has 2 heterocycles. The van der Waals surface area contributed by atoms with Gasteiger partial charge in [0, 0.05) is 23.4 Å². The van der Waals surface area contributed by atoms with Crippen molar-refractivity contribution in [2.75, 3.05) is 11.9 Å². The van der Waals surface area contributed by atoms with Gasteiger partial charge in [0.2, 0.25) is 9.84 Å². The summed E-state index contributed by atoms with van der Waals surface area (Å²) < 4.78 is 33.6. The first-order valence-corrected chi connectivity index (χ1v) is 12.6. The number of benzene rings is 2. The Labute approximate surface area is 202 Å². The minimum atomic E-state index is -4.06. The molecule has 0 amide bonds. The minimum Gasteiger partial charge on any atom is -0.466 e. The summed E-state index contributed by atoms with van der Waals surface area (Å²) in [7, 11) is -4.06. The highest BCUT2D eigenvalue weighted by Crippen LogP contribution is 2.32. The van der Waals surface area contributed by atoms with E-state index in [0.717, 1.165) is 10.1 Å².